The molecule has 1 aromatic carbocycles. The number of carbonyl (C=O) groups is 2. The summed E-state index contributed by atoms with van der Waals surface area (Å²) in [6.07, 6.45) is 2.50. The first kappa shape index (κ1) is 17.5. The van der Waals surface area contributed by atoms with Gasteiger partial charge in [-0.15, -0.1) is 0 Å². The summed E-state index contributed by atoms with van der Waals surface area (Å²) < 4.78 is 0. The Morgan fingerprint density at radius 2 is 1.74 bits per heavy atom. The number of benzene rings is 1. The fraction of sp³-hybridized carbons (Fsp3) is 0.556. The van der Waals surface area contributed by atoms with E-state index in [2.05, 4.69) is 29.4 Å². The van der Waals surface area contributed by atoms with Crippen LogP contribution in [-0.4, -0.2) is 42.4 Å². The number of urea groups is 1. The van der Waals surface area contributed by atoms with Gasteiger partial charge in [0.05, 0.1) is 0 Å². The number of anilines is 1. The summed E-state index contributed by atoms with van der Waals surface area (Å²) >= 11 is 0. The lowest BCUT2D eigenvalue weighted by molar-refractivity contribution is 0.101. The van der Waals surface area contributed by atoms with Crippen molar-refractivity contribution in [3.8, 4) is 0 Å². The van der Waals surface area contributed by atoms with Crippen LogP contribution in [0.15, 0.2) is 24.3 Å². The summed E-state index contributed by atoms with van der Waals surface area (Å²) in [4.78, 5) is 25.8. The highest BCUT2D eigenvalue weighted by Gasteiger charge is 2.24. The maximum Gasteiger partial charge on any atom is 0.319 e. The molecule has 0 aliphatic carbocycles. The van der Waals surface area contributed by atoms with Crippen LogP contribution in [0.3, 0.4) is 0 Å². The third-order valence-corrected chi connectivity index (χ3v) is 4.40. The number of Topliss-reactive ketones (excluding diaryl/α,β-unsaturated/α-hetero) is 1. The Balaban J connectivity index is 1.84. The number of ketones is 1. The standard InChI is InChI=1S/C18H27N3O2/c1-13(2)17(21-10-4-5-11-21)12-19-18(23)20-16-8-6-15(7-9-16)14(3)22/h6-9,13,17H,4-5,10-12H2,1-3H3,(H2,19,20,23)/t17-/m1/s1. The molecule has 0 bridgehead atoms. The Morgan fingerprint density at radius 3 is 2.26 bits per heavy atom. The van der Waals surface area contributed by atoms with Gasteiger partial charge in [0.25, 0.3) is 0 Å². The Kier molecular flexibility index (Phi) is 6.16. The minimum Gasteiger partial charge on any atom is -0.336 e. The molecular formula is C18H27N3O2. The van der Waals surface area contributed by atoms with Gasteiger partial charge >= 0.3 is 6.03 Å². The molecule has 0 aromatic heterocycles. The molecule has 2 rings (SSSR count). The van der Waals surface area contributed by atoms with Crippen LogP contribution in [0, 0.1) is 5.92 Å². The molecule has 5 nitrogen and oxygen atoms in total. The molecule has 0 radical (unpaired) electrons. The average Bonchev–Trinajstić information content (AvgIpc) is 3.01. The van der Waals surface area contributed by atoms with Crippen molar-refractivity contribution in [2.45, 2.75) is 39.7 Å². The minimum atomic E-state index is -0.203. The van der Waals surface area contributed by atoms with Crippen LogP contribution in [0.4, 0.5) is 10.5 Å². The maximum atomic E-state index is 12.1. The van der Waals surface area contributed by atoms with E-state index in [0.29, 0.717) is 29.8 Å². The highest BCUT2D eigenvalue weighted by atomic mass is 16.2. The summed E-state index contributed by atoms with van der Waals surface area (Å²) in [5.41, 5.74) is 1.33. The molecule has 1 aromatic rings. The van der Waals surface area contributed by atoms with Gasteiger partial charge in [-0.25, -0.2) is 4.79 Å². The van der Waals surface area contributed by atoms with E-state index in [0.717, 1.165) is 13.1 Å². The quantitative estimate of drug-likeness (QED) is 0.792. The molecule has 0 spiro atoms. The summed E-state index contributed by atoms with van der Waals surface area (Å²) in [5.74, 6) is 0.523. The lowest BCUT2D eigenvalue weighted by Crippen LogP contribution is -2.46. The first-order chi connectivity index (χ1) is 11.0. The number of hydrogen-bond acceptors (Lipinski definition) is 3. The predicted molar refractivity (Wildman–Crippen MR) is 92.9 cm³/mol. The van der Waals surface area contributed by atoms with Crippen LogP contribution < -0.4 is 10.6 Å². The van der Waals surface area contributed by atoms with Crippen LogP contribution in [0.5, 0.6) is 0 Å². The number of amides is 2. The molecule has 1 heterocycles. The SMILES string of the molecule is CC(=O)c1ccc(NC(=O)NC[C@H](C(C)C)N2CCCC2)cc1. The fourth-order valence-electron chi connectivity index (χ4n) is 3.02. The molecule has 126 valence electrons. The Morgan fingerprint density at radius 1 is 1.13 bits per heavy atom. The van der Waals surface area contributed by atoms with Gasteiger partial charge in [-0.1, -0.05) is 13.8 Å². The van der Waals surface area contributed by atoms with Crippen molar-refractivity contribution in [3.63, 3.8) is 0 Å². The summed E-state index contributed by atoms with van der Waals surface area (Å²) in [6, 6.07) is 7.11. The monoisotopic (exact) mass is 317 g/mol. The van der Waals surface area contributed by atoms with Crippen LogP contribution in [-0.2, 0) is 0 Å². The van der Waals surface area contributed by atoms with Crippen molar-refractivity contribution in [3.05, 3.63) is 29.8 Å². The van der Waals surface area contributed by atoms with Crippen molar-refractivity contribution in [1.29, 1.82) is 0 Å². The van der Waals surface area contributed by atoms with Crippen LogP contribution in [0.2, 0.25) is 0 Å². The normalized spacial score (nSPS) is 16.3. The Bertz CT molecular complexity index is 534. The lowest BCUT2D eigenvalue weighted by Gasteiger charge is -2.31. The molecule has 1 saturated heterocycles. The first-order valence-electron chi connectivity index (χ1n) is 8.37. The molecule has 1 atom stereocenters. The molecule has 2 amide bonds. The van der Waals surface area contributed by atoms with Gasteiger partial charge in [0.15, 0.2) is 5.78 Å². The fourth-order valence-corrected chi connectivity index (χ4v) is 3.02. The van der Waals surface area contributed by atoms with Gasteiger partial charge in [-0.2, -0.15) is 0 Å². The molecule has 0 unspecified atom stereocenters. The molecular weight excluding hydrogens is 290 g/mol. The van der Waals surface area contributed by atoms with Crippen molar-refractivity contribution in [2.75, 3.05) is 25.0 Å². The predicted octanol–water partition coefficient (Wildman–Crippen LogP) is 3.13. The maximum absolute atomic E-state index is 12.1. The molecule has 1 aliphatic rings. The van der Waals surface area contributed by atoms with E-state index in [9.17, 15) is 9.59 Å². The molecule has 5 heteroatoms. The number of hydrogen-bond donors (Lipinski definition) is 2. The van der Waals surface area contributed by atoms with E-state index >= 15 is 0 Å². The van der Waals surface area contributed by atoms with E-state index in [1.165, 1.54) is 19.8 Å². The number of carbonyl (C=O) groups excluding carboxylic acids is 2. The van der Waals surface area contributed by atoms with E-state index in [4.69, 9.17) is 0 Å². The molecule has 23 heavy (non-hydrogen) atoms. The molecule has 0 saturated carbocycles. The number of rotatable bonds is 6. The van der Waals surface area contributed by atoms with Gasteiger partial charge in [0.1, 0.15) is 0 Å². The van der Waals surface area contributed by atoms with Gasteiger partial charge in [0.2, 0.25) is 0 Å². The second kappa shape index (κ2) is 8.11. The first-order valence-corrected chi connectivity index (χ1v) is 8.37. The Labute approximate surface area is 138 Å². The van der Waals surface area contributed by atoms with Crippen molar-refractivity contribution >= 4 is 17.5 Å². The molecule has 1 aliphatic heterocycles. The zero-order valence-corrected chi connectivity index (χ0v) is 14.3. The molecule has 2 N–H and O–H groups in total. The minimum absolute atomic E-state index is 0.0198. The summed E-state index contributed by atoms with van der Waals surface area (Å²) in [7, 11) is 0. The van der Waals surface area contributed by atoms with E-state index in [1.54, 1.807) is 24.3 Å². The van der Waals surface area contributed by atoms with Crippen molar-refractivity contribution < 1.29 is 9.59 Å². The highest BCUT2D eigenvalue weighted by molar-refractivity contribution is 5.95. The smallest absolute Gasteiger partial charge is 0.319 e. The average molecular weight is 317 g/mol. The van der Waals surface area contributed by atoms with Gasteiger partial charge in [0, 0.05) is 23.8 Å². The highest BCUT2D eigenvalue weighted by Crippen LogP contribution is 2.17. The van der Waals surface area contributed by atoms with Crippen molar-refractivity contribution in [1.82, 2.24) is 10.2 Å². The zero-order valence-electron chi connectivity index (χ0n) is 14.3. The second-order valence-corrected chi connectivity index (χ2v) is 6.52. The molecule has 1 fully saturated rings. The van der Waals surface area contributed by atoms with Gasteiger partial charge < -0.3 is 10.6 Å². The van der Waals surface area contributed by atoms with Gasteiger partial charge in [-0.3, -0.25) is 9.69 Å². The summed E-state index contributed by atoms with van der Waals surface area (Å²) in [5, 5.41) is 5.78. The largest absolute Gasteiger partial charge is 0.336 e. The van der Waals surface area contributed by atoms with Crippen LogP contribution in [0.25, 0.3) is 0 Å². The Hall–Kier alpha value is -1.88. The van der Waals surface area contributed by atoms with Crippen molar-refractivity contribution in [2.24, 2.45) is 5.92 Å². The van der Waals surface area contributed by atoms with E-state index in [-0.39, 0.29) is 11.8 Å². The third-order valence-electron chi connectivity index (χ3n) is 4.40. The van der Waals surface area contributed by atoms with E-state index in [1.807, 2.05) is 0 Å². The van der Waals surface area contributed by atoms with Crippen LogP contribution >= 0.6 is 0 Å². The second-order valence-electron chi connectivity index (χ2n) is 6.52. The number of nitrogens with zero attached hydrogens (tertiary/aromatic N) is 1. The van der Waals surface area contributed by atoms with Gasteiger partial charge in [-0.05, 0) is 63.0 Å². The third kappa shape index (κ3) is 5.06. The topological polar surface area (TPSA) is 61.4 Å². The van der Waals surface area contributed by atoms with E-state index < -0.39 is 0 Å². The number of likely N-dealkylation sites (tertiary alicyclic amines) is 1. The van der Waals surface area contributed by atoms with Crippen LogP contribution in [0.1, 0.15) is 44.0 Å². The lowest BCUT2D eigenvalue weighted by atomic mass is 10.0. The summed E-state index contributed by atoms with van der Waals surface area (Å²) in [6.45, 7) is 8.82. The number of nitrogens with one attached hydrogen (secondary N) is 2. The zero-order chi connectivity index (χ0) is 16.8.